The predicted molar refractivity (Wildman–Crippen MR) is 40.8 cm³/mol. The summed E-state index contributed by atoms with van der Waals surface area (Å²) in [4.78, 5) is 10.7. The van der Waals surface area contributed by atoms with Gasteiger partial charge in [0, 0.05) is 0 Å². The van der Waals surface area contributed by atoms with Gasteiger partial charge in [-0.2, -0.15) is 2.90 Å². The molecule has 0 bridgehead atoms. The molecule has 0 unspecified atom stereocenters. The predicted octanol–water partition coefficient (Wildman–Crippen LogP) is 0.263. The summed E-state index contributed by atoms with van der Waals surface area (Å²) in [7, 11) is 1.30. The molecule has 1 rings (SSSR count). The van der Waals surface area contributed by atoms with E-state index in [-0.39, 0.29) is 5.69 Å². The molecular weight excluding hydrogens is 249 g/mol. The van der Waals surface area contributed by atoms with Gasteiger partial charge in [0.1, 0.15) is 0 Å². The smallest absolute Gasteiger partial charge is 0.360 e. The molecule has 0 aliphatic rings. The number of nitrogens with zero attached hydrogens (tertiary/aromatic N) is 3. The van der Waals surface area contributed by atoms with Crippen molar-refractivity contribution in [1.82, 2.24) is 13.2 Å². The lowest BCUT2D eigenvalue weighted by atomic mass is 10.5. The Bertz CT molecular complexity index is 246. The molecule has 0 saturated heterocycles. The highest BCUT2D eigenvalue weighted by molar-refractivity contribution is 14.1. The van der Waals surface area contributed by atoms with Crippen molar-refractivity contribution < 1.29 is 9.53 Å². The van der Waals surface area contributed by atoms with E-state index in [2.05, 4.69) is 15.0 Å². The van der Waals surface area contributed by atoms with Crippen molar-refractivity contribution in [2.75, 3.05) is 7.11 Å². The van der Waals surface area contributed by atoms with Crippen LogP contribution in [0.15, 0.2) is 6.20 Å². The number of rotatable bonds is 1. The Morgan fingerprint density at radius 1 is 1.90 bits per heavy atom. The number of halogens is 1. The third kappa shape index (κ3) is 1.43. The van der Waals surface area contributed by atoms with E-state index in [0.717, 1.165) is 0 Å². The first-order valence-corrected chi connectivity index (χ1v) is 3.37. The van der Waals surface area contributed by atoms with Gasteiger partial charge in [-0.05, 0) is 0 Å². The minimum absolute atomic E-state index is 0.219. The lowest BCUT2D eigenvalue weighted by Gasteiger charge is -1.88. The molecule has 0 fully saturated rings. The molecule has 0 aliphatic carbocycles. The molecule has 0 radical (unpaired) electrons. The second kappa shape index (κ2) is 2.95. The molecule has 0 N–H and O–H groups in total. The van der Waals surface area contributed by atoms with Crippen LogP contribution in [-0.4, -0.2) is 26.3 Å². The van der Waals surface area contributed by atoms with E-state index >= 15 is 0 Å². The largest absolute Gasteiger partial charge is 0.464 e. The zero-order chi connectivity index (χ0) is 7.56. The molecular formula is C4H4IN3O2. The number of methoxy groups -OCH3 is 1. The standard InChI is InChI=1S/C4H4IN3O2/c1-10-4(9)3-2-8(5)7-6-3/h2H,1H3. The summed E-state index contributed by atoms with van der Waals surface area (Å²) in [6.07, 6.45) is 1.48. The quantitative estimate of drug-likeness (QED) is 0.532. The van der Waals surface area contributed by atoms with Crippen LogP contribution in [0.5, 0.6) is 0 Å². The molecule has 54 valence electrons. The van der Waals surface area contributed by atoms with Crippen molar-refractivity contribution in [3.8, 4) is 0 Å². The first-order chi connectivity index (χ1) is 4.74. The van der Waals surface area contributed by atoms with E-state index in [4.69, 9.17) is 0 Å². The van der Waals surface area contributed by atoms with E-state index < -0.39 is 5.97 Å². The highest BCUT2D eigenvalue weighted by Gasteiger charge is 2.08. The van der Waals surface area contributed by atoms with Crippen LogP contribution in [0.2, 0.25) is 0 Å². The van der Waals surface area contributed by atoms with Crippen LogP contribution in [-0.2, 0) is 4.74 Å². The van der Waals surface area contributed by atoms with Gasteiger partial charge >= 0.3 is 5.97 Å². The van der Waals surface area contributed by atoms with E-state index in [1.807, 2.05) is 22.9 Å². The van der Waals surface area contributed by atoms with E-state index in [9.17, 15) is 4.79 Å². The molecule has 5 nitrogen and oxygen atoms in total. The Hall–Kier alpha value is -0.660. The zero-order valence-corrected chi connectivity index (χ0v) is 7.27. The average Bonchev–Trinajstić information content (AvgIpc) is 2.34. The number of hydrogen-bond donors (Lipinski definition) is 0. The van der Waals surface area contributed by atoms with Gasteiger partial charge in [-0.15, -0.1) is 5.10 Å². The highest BCUT2D eigenvalue weighted by Crippen LogP contribution is 1.97. The van der Waals surface area contributed by atoms with Crippen molar-refractivity contribution in [2.24, 2.45) is 0 Å². The molecule has 0 aromatic carbocycles. The van der Waals surface area contributed by atoms with Gasteiger partial charge in [0.15, 0.2) is 5.69 Å². The van der Waals surface area contributed by atoms with Gasteiger partial charge in [0.2, 0.25) is 0 Å². The Kier molecular flexibility index (Phi) is 2.20. The second-order valence-electron chi connectivity index (χ2n) is 1.48. The first kappa shape index (κ1) is 7.45. The number of carbonyl (C=O) groups excluding carboxylic acids is 1. The normalized spacial score (nSPS) is 9.40. The highest BCUT2D eigenvalue weighted by atomic mass is 127. The molecule has 10 heavy (non-hydrogen) atoms. The van der Waals surface area contributed by atoms with Crippen molar-refractivity contribution in [3.05, 3.63) is 11.9 Å². The zero-order valence-electron chi connectivity index (χ0n) is 5.11. The van der Waals surface area contributed by atoms with Crippen LogP contribution in [0.4, 0.5) is 0 Å². The number of hydrogen-bond acceptors (Lipinski definition) is 4. The molecule has 0 saturated carbocycles. The average molecular weight is 253 g/mol. The van der Waals surface area contributed by atoms with E-state index in [1.54, 1.807) is 0 Å². The third-order valence-corrected chi connectivity index (χ3v) is 1.33. The molecule has 0 spiro atoms. The first-order valence-electron chi connectivity index (χ1n) is 2.41. The van der Waals surface area contributed by atoms with Crippen molar-refractivity contribution in [2.45, 2.75) is 0 Å². The Morgan fingerprint density at radius 2 is 2.60 bits per heavy atom. The van der Waals surface area contributed by atoms with Gasteiger partial charge in [0.05, 0.1) is 36.2 Å². The molecule has 0 aliphatic heterocycles. The van der Waals surface area contributed by atoms with Crippen LogP contribution < -0.4 is 0 Å². The lowest BCUT2D eigenvalue weighted by molar-refractivity contribution is 0.0594. The SMILES string of the molecule is COC(=O)c1cn(I)nn1. The maximum Gasteiger partial charge on any atom is 0.360 e. The molecule has 0 atom stereocenters. The maximum atomic E-state index is 10.7. The Balaban J connectivity index is 2.85. The third-order valence-electron chi connectivity index (χ3n) is 0.861. The van der Waals surface area contributed by atoms with Crippen LogP contribution >= 0.6 is 22.9 Å². The Labute approximate surface area is 70.8 Å². The summed E-state index contributed by atoms with van der Waals surface area (Å²) in [5, 5.41) is 7.06. The fourth-order valence-corrected chi connectivity index (χ4v) is 0.802. The molecule has 1 aromatic rings. The minimum Gasteiger partial charge on any atom is -0.464 e. The maximum absolute atomic E-state index is 10.7. The van der Waals surface area contributed by atoms with Gasteiger partial charge in [-0.1, -0.05) is 5.21 Å². The molecule has 0 amide bonds. The minimum atomic E-state index is -0.470. The number of esters is 1. The summed E-state index contributed by atoms with van der Waals surface area (Å²) >= 11 is 1.89. The summed E-state index contributed by atoms with van der Waals surface area (Å²) in [6, 6.07) is 0. The second-order valence-corrected chi connectivity index (χ2v) is 2.47. The van der Waals surface area contributed by atoms with E-state index in [1.165, 1.54) is 16.2 Å². The van der Waals surface area contributed by atoms with Crippen LogP contribution in [0.1, 0.15) is 10.5 Å². The monoisotopic (exact) mass is 253 g/mol. The van der Waals surface area contributed by atoms with Gasteiger partial charge in [-0.3, -0.25) is 0 Å². The summed E-state index contributed by atoms with van der Waals surface area (Å²) < 4.78 is 5.80. The van der Waals surface area contributed by atoms with Crippen LogP contribution in [0.3, 0.4) is 0 Å². The van der Waals surface area contributed by atoms with Crippen molar-refractivity contribution >= 4 is 28.8 Å². The fraction of sp³-hybridized carbons (Fsp3) is 0.250. The Morgan fingerprint density at radius 3 is 3.00 bits per heavy atom. The van der Waals surface area contributed by atoms with Crippen molar-refractivity contribution in [3.63, 3.8) is 0 Å². The summed E-state index contributed by atoms with van der Waals surface area (Å²) in [6.45, 7) is 0. The lowest BCUT2D eigenvalue weighted by Crippen LogP contribution is -2.00. The topological polar surface area (TPSA) is 57.0 Å². The van der Waals surface area contributed by atoms with Crippen LogP contribution in [0, 0.1) is 0 Å². The van der Waals surface area contributed by atoms with Crippen molar-refractivity contribution in [1.29, 1.82) is 0 Å². The summed E-state index contributed by atoms with van der Waals surface area (Å²) in [5.74, 6) is -0.470. The number of aromatic nitrogens is 3. The van der Waals surface area contributed by atoms with Gasteiger partial charge in [-0.25, -0.2) is 4.79 Å². The molecule has 1 aromatic heterocycles. The summed E-state index contributed by atoms with van der Waals surface area (Å²) in [5.41, 5.74) is 0.219. The van der Waals surface area contributed by atoms with Crippen LogP contribution in [0.25, 0.3) is 0 Å². The van der Waals surface area contributed by atoms with Gasteiger partial charge < -0.3 is 4.74 Å². The fourth-order valence-electron chi connectivity index (χ4n) is 0.442. The molecule has 1 heterocycles. The van der Waals surface area contributed by atoms with E-state index in [0.29, 0.717) is 0 Å². The molecule has 6 heteroatoms. The number of ether oxygens (including phenoxy) is 1. The van der Waals surface area contributed by atoms with Gasteiger partial charge in [0.25, 0.3) is 0 Å². The number of carbonyl (C=O) groups is 1.